The Hall–Kier alpha value is -1.84. The van der Waals surface area contributed by atoms with Crippen molar-refractivity contribution in [3.8, 4) is 0 Å². The van der Waals surface area contributed by atoms with Crippen molar-refractivity contribution in [2.75, 3.05) is 0 Å². The highest BCUT2D eigenvalue weighted by Gasteiger charge is 2.43. The Morgan fingerprint density at radius 1 is 1.29 bits per heavy atom. The molecule has 0 bridgehead atoms. The Labute approximate surface area is 125 Å². The van der Waals surface area contributed by atoms with E-state index in [0.717, 1.165) is 18.4 Å². The molecule has 0 spiro atoms. The van der Waals surface area contributed by atoms with E-state index in [-0.39, 0.29) is 18.4 Å². The third kappa shape index (κ3) is 3.63. The highest BCUT2D eigenvalue weighted by Crippen LogP contribution is 2.27. The molecule has 1 aromatic carbocycles. The number of carbonyl (C=O) groups is 2. The number of nitrogens with one attached hydrogen (secondary N) is 1. The van der Waals surface area contributed by atoms with Crippen LogP contribution in [-0.4, -0.2) is 23.0 Å². The molecule has 0 saturated heterocycles. The Kier molecular flexibility index (Phi) is 4.35. The van der Waals surface area contributed by atoms with Gasteiger partial charge in [0.25, 0.3) is 0 Å². The number of carbonyl (C=O) groups excluding carboxylic acids is 1. The monoisotopic (exact) mass is 289 g/mol. The van der Waals surface area contributed by atoms with Crippen molar-refractivity contribution >= 4 is 11.9 Å². The van der Waals surface area contributed by atoms with Crippen LogP contribution in [0, 0.1) is 5.41 Å². The van der Waals surface area contributed by atoms with E-state index in [1.807, 2.05) is 24.3 Å². The maximum atomic E-state index is 12.2. The van der Waals surface area contributed by atoms with Crippen LogP contribution in [0.2, 0.25) is 0 Å². The van der Waals surface area contributed by atoms with E-state index < -0.39 is 11.4 Å². The zero-order chi connectivity index (χ0) is 15.6. The minimum Gasteiger partial charge on any atom is -0.480 e. The zero-order valence-electron chi connectivity index (χ0n) is 12.8. The van der Waals surface area contributed by atoms with Crippen molar-refractivity contribution in [1.82, 2.24) is 5.32 Å². The second-order valence-electron chi connectivity index (χ2n) is 6.46. The lowest BCUT2D eigenvalue weighted by Gasteiger charge is -2.24. The molecule has 2 rings (SSSR count). The Morgan fingerprint density at radius 3 is 2.29 bits per heavy atom. The molecular formula is C17H23NO3. The number of benzene rings is 1. The van der Waals surface area contributed by atoms with E-state index in [9.17, 15) is 14.7 Å². The van der Waals surface area contributed by atoms with Gasteiger partial charge in [-0.1, -0.05) is 38.1 Å². The summed E-state index contributed by atoms with van der Waals surface area (Å²) in [7, 11) is 0. The molecule has 1 saturated carbocycles. The number of rotatable bonds is 6. The SMILES string of the molecule is CC(C)c1ccc(CC(C)(C(=O)O)C(=O)NC2CC2)cc1. The normalized spacial score (nSPS) is 17.3. The molecule has 0 aromatic heterocycles. The lowest BCUT2D eigenvalue weighted by Crippen LogP contribution is -2.46. The van der Waals surface area contributed by atoms with Crippen LogP contribution in [0.3, 0.4) is 0 Å². The summed E-state index contributed by atoms with van der Waals surface area (Å²) in [6.45, 7) is 5.72. The largest absolute Gasteiger partial charge is 0.480 e. The predicted molar refractivity (Wildman–Crippen MR) is 81.1 cm³/mol. The van der Waals surface area contributed by atoms with Gasteiger partial charge in [-0.25, -0.2) is 0 Å². The molecule has 114 valence electrons. The first-order valence-corrected chi connectivity index (χ1v) is 7.46. The minimum atomic E-state index is -1.41. The molecule has 0 aliphatic heterocycles. The first-order chi connectivity index (χ1) is 9.83. The number of aliphatic carboxylic acids is 1. The zero-order valence-corrected chi connectivity index (χ0v) is 12.8. The van der Waals surface area contributed by atoms with E-state index in [1.54, 1.807) is 0 Å². The molecule has 1 unspecified atom stereocenters. The second-order valence-corrected chi connectivity index (χ2v) is 6.46. The van der Waals surface area contributed by atoms with Gasteiger partial charge < -0.3 is 10.4 Å². The number of carboxylic acids is 1. The molecule has 4 nitrogen and oxygen atoms in total. The van der Waals surface area contributed by atoms with Crippen LogP contribution in [-0.2, 0) is 16.0 Å². The van der Waals surface area contributed by atoms with Gasteiger partial charge >= 0.3 is 5.97 Å². The van der Waals surface area contributed by atoms with Gasteiger partial charge in [0.2, 0.25) is 5.91 Å². The van der Waals surface area contributed by atoms with Crippen LogP contribution in [0.25, 0.3) is 0 Å². The molecule has 1 aromatic rings. The summed E-state index contributed by atoms with van der Waals surface area (Å²) < 4.78 is 0. The van der Waals surface area contributed by atoms with Crippen LogP contribution in [0.4, 0.5) is 0 Å². The quantitative estimate of drug-likeness (QED) is 0.791. The van der Waals surface area contributed by atoms with Crippen LogP contribution >= 0.6 is 0 Å². The van der Waals surface area contributed by atoms with Crippen LogP contribution < -0.4 is 5.32 Å². The fraction of sp³-hybridized carbons (Fsp3) is 0.529. The highest BCUT2D eigenvalue weighted by atomic mass is 16.4. The lowest BCUT2D eigenvalue weighted by atomic mass is 9.82. The first-order valence-electron chi connectivity index (χ1n) is 7.46. The van der Waals surface area contributed by atoms with Crippen molar-refractivity contribution in [3.05, 3.63) is 35.4 Å². The van der Waals surface area contributed by atoms with Crippen molar-refractivity contribution in [3.63, 3.8) is 0 Å². The average molecular weight is 289 g/mol. The van der Waals surface area contributed by atoms with E-state index in [0.29, 0.717) is 5.92 Å². The standard InChI is InChI=1S/C17H23NO3/c1-11(2)13-6-4-12(5-7-13)10-17(3,16(20)21)15(19)18-14-8-9-14/h4-7,11,14H,8-10H2,1-3H3,(H,18,19)(H,20,21). The Balaban J connectivity index is 2.14. The summed E-state index contributed by atoms with van der Waals surface area (Å²) in [6, 6.07) is 8.00. The Bertz CT molecular complexity index is 531. The predicted octanol–water partition coefficient (Wildman–Crippen LogP) is 2.72. The van der Waals surface area contributed by atoms with Gasteiger partial charge in [0, 0.05) is 6.04 Å². The van der Waals surface area contributed by atoms with Gasteiger partial charge in [-0.2, -0.15) is 0 Å². The third-order valence-corrected chi connectivity index (χ3v) is 4.09. The van der Waals surface area contributed by atoms with Gasteiger partial charge in [0.15, 0.2) is 0 Å². The van der Waals surface area contributed by atoms with Gasteiger partial charge in [-0.05, 0) is 43.2 Å². The molecule has 4 heteroatoms. The minimum absolute atomic E-state index is 0.166. The fourth-order valence-electron chi connectivity index (χ4n) is 2.25. The van der Waals surface area contributed by atoms with Crippen molar-refractivity contribution in [2.24, 2.45) is 5.41 Å². The molecule has 0 heterocycles. The maximum absolute atomic E-state index is 12.2. The van der Waals surface area contributed by atoms with E-state index in [4.69, 9.17) is 0 Å². The van der Waals surface area contributed by atoms with E-state index >= 15 is 0 Å². The summed E-state index contributed by atoms with van der Waals surface area (Å²) >= 11 is 0. The first kappa shape index (κ1) is 15.5. The number of hydrogen-bond donors (Lipinski definition) is 2. The lowest BCUT2D eigenvalue weighted by molar-refractivity contribution is -0.154. The molecule has 1 amide bonds. The Morgan fingerprint density at radius 2 is 1.86 bits per heavy atom. The third-order valence-electron chi connectivity index (χ3n) is 4.09. The highest BCUT2D eigenvalue weighted by molar-refractivity contribution is 6.02. The average Bonchev–Trinajstić information content (AvgIpc) is 3.22. The summed E-state index contributed by atoms with van der Waals surface area (Å²) in [5.41, 5.74) is 0.663. The molecule has 0 radical (unpaired) electrons. The molecular weight excluding hydrogens is 266 g/mol. The summed E-state index contributed by atoms with van der Waals surface area (Å²) in [6.07, 6.45) is 2.11. The van der Waals surface area contributed by atoms with Crippen LogP contribution in [0.1, 0.15) is 50.7 Å². The van der Waals surface area contributed by atoms with E-state index in [1.165, 1.54) is 12.5 Å². The molecule has 1 aliphatic carbocycles. The maximum Gasteiger partial charge on any atom is 0.319 e. The number of amides is 1. The summed E-state index contributed by atoms with van der Waals surface area (Å²) in [5, 5.41) is 12.3. The summed E-state index contributed by atoms with van der Waals surface area (Å²) in [4.78, 5) is 23.8. The summed E-state index contributed by atoms with van der Waals surface area (Å²) in [5.74, 6) is -1.03. The molecule has 1 aliphatic rings. The van der Waals surface area contributed by atoms with Gasteiger partial charge in [-0.3, -0.25) is 9.59 Å². The van der Waals surface area contributed by atoms with Gasteiger partial charge in [-0.15, -0.1) is 0 Å². The molecule has 1 fully saturated rings. The van der Waals surface area contributed by atoms with Crippen LogP contribution in [0.15, 0.2) is 24.3 Å². The number of hydrogen-bond acceptors (Lipinski definition) is 2. The molecule has 2 N–H and O–H groups in total. The van der Waals surface area contributed by atoms with Crippen molar-refractivity contribution < 1.29 is 14.7 Å². The fourth-order valence-corrected chi connectivity index (χ4v) is 2.25. The van der Waals surface area contributed by atoms with Crippen LogP contribution in [0.5, 0.6) is 0 Å². The van der Waals surface area contributed by atoms with Crippen molar-refractivity contribution in [2.45, 2.75) is 52.0 Å². The number of carboxylic acid groups (broad SMARTS) is 1. The van der Waals surface area contributed by atoms with Crippen molar-refractivity contribution in [1.29, 1.82) is 0 Å². The van der Waals surface area contributed by atoms with E-state index in [2.05, 4.69) is 19.2 Å². The van der Waals surface area contributed by atoms with Gasteiger partial charge in [0.1, 0.15) is 5.41 Å². The molecule has 1 atom stereocenters. The topological polar surface area (TPSA) is 66.4 Å². The molecule has 21 heavy (non-hydrogen) atoms. The smallest absolute Gasteiger partial charge is 0.319 e. The van der Waals surface area contributed by atoms with Gasteiger partial charge in [0.05, 0.1) is 0 Å². The second kappa shape index (κ2) is 5.88.